The second kappa shape index (κ2) is 14.2. The number of amides is 3. The van der Waals surface area contributed by atoms with Gasteiger partial charge in [0.1, 0.15) is 17.6 Å². The zero-order valence-electron chi connectivity index (χ0n) is 20.8. The minimum atomic E-state index is -0.900. The molecule has 0 radical (unpaired) electrons. The lowest BCUT2D eigenvalue weighted by Gasteiger charge is -2.33. The van der Waals surface area contributed by atoms with Crippen molar-refractivity contribution < 1.29 is 28.6 Å². The van der Waals surface area contributed by atoms with E-state index in [1.54, 1.807) is 62.9 Å². The van der Waals surface area contributed by atoms with Crippen molar-refractivity contribution in [3.8, 4) is 5.75 Å². The normalized spacial score (nSPS) is 15.7. The Labute approximate surface area is 211 Å². The molecule has 1 saturated heterocycles. The molecule has 0 bridgehead atoms. The Morgan fingerprint density at radius 1 is 1.14 bits per heavy atom. The average molecular weight is 499 g/mol. The first kappa shape index (κ1) is 27.1. The standard InChI is InChI=1S/C26H34N4O6/c1-34-17-15-28-26(33)25(19-8-10-20(35-2)11-9-19)30(18-21-6-5-16-36-21)24(32)13-12-23(31)29-22-7-3-4-14-27-22/h3-4,7-11,14,21,25H,5-6,12-13,15-18H2,1-2H3,(H,28,33)(H,27,29,31)/t21-,25-/m1/s1. The van der Waals surface area contributed by atoms with E-state index in [0.717, 1.165) is 12.8 Å². The highest BCUT2D eigenvalue weighted by molar-refractivity contribution is 5.94. The molecule has 1 fully saturated rings. The van der Waals surface area contributed by atoms with Crippen LogP contribution in [0.1, 0.15) is 37.3 Å². The van der Waals surface area contributed by atoms with Crippen LogP contribution in [0.5, 0.6) is 5.75 Å². The Morgan fingerprint density at radius 3 is 2.58 bits per heavy atom. The Bertz CT molecular complexity index is 980. The summed E-state index contributed by atoms with van der Waals surface area (Å²) >= 11 is 0. The van der Waals surface area contributed by atoms with E-state index in [4.69, 9.17) is 14.2 Å². The van der Waals surface area contributed by atoms with Gasteiger partial charge in [-0.1, -0.05) is 18.2 Å². The third-order valence-electron chi connectivity index (χ3n) is 5.84. The molecule has 1 aromatic heterocycles. The van der Waals surface area contributed by atoms with Crippen LogP contribution in [-0.4, -0.2) is 74.2 Å². The first-order valence-corrected chi connectivity index (χ1v) is 12.0. The quantitative estimate of drug-likeness (QED) is 0.407. The summed E-state index contributed by atoms with van der Waals surface area (Å²) in [5, 5.41) is 5.54. The van der Waals surface area contributed by atoms with Crippen LogP contribution in [0.3, 0.4) is 0 Å². The monoisotopic (exact) mass is 498 g/mol. The van der Waals surface area contributed by atoms with Gasteiger partial charge in [0.15, 0.2) is 0 Å². The molecule has 36 heavy (non-hydrogen) atoms. The molecule has 1 aliphatic heterocycles. The molecule has 0 spiro atoms. The molecule has 2 N–H and O–H groups in total. The van der Waals surface area contributed by atoms with Crippen molar-refractivity contribution in [2.75, 3.05) is 45.8 Å². The molecular formula is C26H34N4O6. The molecule has 1 aliphatic rings. The van der Waals surface area contributed by atoms with Gasteiger partial charge >= 0.3 is 0 Å². The third kappa shape index (κ3) is 8.03. The molecule has 10 heteroatoms. The van der Waals surface area contributed by atoms with E-state index in [1.165, 1.54) is 4.90 Å². The average Bonchev–Trinajstić information content (AvgIpc) is 3.41. The number of nitrogens with one attached hydrogen (secondary N) is 2. The molecule has 3 amide bonds. The maximum absolute atomic E-state index is 13.5. The first-order chi connectivity index (χ1) is 17.5. The summed E-state index contributed by atoms with van der Waals surface area (Å²) in [5.74, 6) is 0.0795. The number of benzene rings is 1. The Morgan fingerprint density at radius 2 is 1.94 bits per heavy atom. The second-order valence-corrected chi connectivity index (χ2v) is 8.40. The number of ether oxygens (including phenoxy) is 3. The zero-order valence-corrected chi connectivity index (χ0v) is 20.8. The van der Waals surface area contributed by atoms with Gasteiger partial charge in [0.2, 0.25) is 17.7 Å². The maximum atomic E-state index is 13.5. The molecule has 2 atom stereocenters. The van der Waals surface area contributed by atoms with Crippen molar-refractivity contribution in [2.45, 2.75) is 37.8 Å². The highest BCUT2D eigenvalue weighted by Gasteiger charge is 2.34. The number of methoxy groups -OCH3 is 2. The summed E-state index contributed by atoms with van der Waals surface area (Å²) in [7, 11) is 3.11. The summed E-state index contributed by atoms with van der Waals surface area (Å²) < 4.78 is 16.1. The maximum Gasteiger partial charge on any atom is 0.247 e. The molecular weight excluding hydrogens is 464 g/mol. The van der Waals surface area contributed by atoms with Crippen LogP contribution >= 0.6 is 0 Å². The van der Waals surface area contributed by atoms with Crippen LogP contribution in [-0.2, 0) is 23.9 Å². The van der Waals surface area contributed by atoms with Gasteiger partial charge in [-0.2, -0.15) is 0 Å². The van der Waals surface area contributed by atoms with E-state index < -0.39 is 6.04 Å². The predicted octanol–water partition coefficient (Wildman–Crippen LogP) is 2.32. The molecule has 3 rings (SSSR count). The molecule has 194 valence electrons. The number of pyridine rings is 1. The van der Waals surface area contributed by atoms with Gasteiger partial charge in [0.05, 0.1) is 19.8 Å². The smallest absolute Gasteiger partial charge is 0.247 e. The van der Waals surface area contributed by atoms with Crippen LogP contribution in [0.15, 0.2) is 48.7 Å². The number of hydrogen-bond donors (Lipinski definition) is 2. The fourth-order valence-electron chi connectivity index (χ4n) is 4.00. The molecule has 0 aliphatic carbocycles. The molecule has 2 heterocycles. The van der Waals surface area contributed by atoms with Gasteiger partial charge in [-0.25, -0.2) is 4.98 Å². The summed E-state index contributed by atoms with van der Waals surface area (Å²) in [5.41, 5.74) is 0.634. The van der Waals surface area contributed by atoms with Crippen LogP contribution < -0.4 is 15.4 Å². The second-order valence-electron chi connectivity index (χ2n) is 8.40. The van der Waals surface area contributed by atoms with Crippen LogP contribution in [0, 0.1) is 0 Å². The predicted molar refractivity (Wildman–Crippen MR) is 133 cm³/mol. The first-order valence-electron chi connectivity index (χ1n) is 12.0. The van der Waals surface area contributed by atoms with E-state index in [9.17, 15) is 14.4 Å². The minimum absolute atomic E-state index is 0.0436. The van der Waals surface area contributed by atoms with Crippen molar-refractivity contribution in [3.05, 3.63) is 54.2 Å². The highest BCUT2D eigenvalue weighted by Crippen LogP contribution is 2.27. The van der Waals surface area contributed by atoms with E-state index in [1.807, 2.05) is 0 Å². The molecule has 0 unspecified atom stereocenters. The Balaban J connectivity index is 1.80. The van der Waals surface area contributed by atoms with Crippen LogP contribution in [0.25, 0.3) is 0 Å². The van der Waals surface area contributed by atoms with Crippen LogP contribution in [0.2, 0.25) is 0 Å². The fraction of sp³-hybridized carbons (Fsp3) is 0.462. The van der Waals surface area contributed by atoms with E-state index in [-0.39, 0.29) is 43.2 Å². The van der Waals surface area contributed by atoms with Gasteiger partial charge in [-0.3, -0.25) is 14.4 Å². The summed E-state index contributed by atoms with van der Waals surface area (Å²) in [6, 6.07) is 11.3. The lowest BCUT2D eigenvalue weighted by molar-refractivity contribution is -0.143. The van der Waals surface area contributed by atoms with Crippen molar-refractivity contribution in [3.63, 3.8) is 0 Å². The molecule has 10 nitrogen and oxygen atoms in total. The third-order valence-corrected chi connectivity index (χ3v) is 5.84. The van der Waals surface area contributed by atoms with Crippen molar-refractivity contribution >= 4 is 23.5 Å². The lowest BCUT2D eigenvalue weighted by atomic mass is 10.0. The summed E-state index contributed by atoms with van der Waals surface area (Å²) in [4.78, 5) is 44.9. The van der Waals surface area contributed by atoms with Crippen molar-refractivity contribution in [1.82, 2.24) is 15.2 Å². The number of anilines is 1. The highest BCUT2D eigenvalue weighted by atomic mass is 16.5. The minimum Gasteiger partial charge on any atom is -0.497 e. The van der Waals surface area contributed by atoms with Gasteiger partial charge < -0.3 is 29.7 Å². The lowest BCUT2D eigenvalue weighted by Crippen LogP contribution is -2.47. The fourth-order valence-corrected chi connectivity index (χ4v) is 4.00. The molecule has 2 aromatic rings. The van der Waals surface area contributed by atoms with Gasteiger partial charge in [-0.05, 0) is 42.7 Å². The van der Waals surface area contributed by atoms with E-state index >= 15 is 0 Å². The van der Waals surface area contributed by atoms with Gasteiger partial charge in [0, 0.05) is 45.8 Å². The summed E-state index contributed by atoms with van der Waals surface area (Å²) in [6.07, 6.45) is 2.98. The number of aromatic nitrogens is 1. The van der Waals surface area contributed by atoms with E-state index in [0.29, 0.717) is 36.9 Å². The number of rotatable bonds is 13. The van der Waals surface area contributed by atoms with Gasteiger partial charge in [-0.15, -0.1) is 0 Å². The van der Waals surface area contributed by atoms with Crippen LogP contribution in [0.4, 0.5) is 5.82 Å². The van der Waals surface area contributed by atoms with Crippen molar-refractivity contribution in [1.29, 1.82) is 0 Å². The van der Waals surface area contributed by atoms with Gasteiger partial charge in [0.25, 0.3) is 0 Å². The number of hydrogen-bond acceptors (Lipinski definition) is 7. The topological polar surface area (TPSA) is 119 Å². The SMILES string of the molecule is COCCNC(=O)[C@@H](c1ccc(OC)cc1)N(C[C@H]1CCCO1)C(=O)CCC(=O)Nc1ccccn1. The summed E-state index contributed by atoms with van der Waals surface area (Å²) in [6.45, 7) is 1.51. The van der Waals surface area contributed by atoms with Crippen molar-refractivity contribution in [2.24, 2.45) is 0 Å². The molecule has 0 saturated carbocycles. The number of carbonyl (C=O) groups is 3. The Hall–Kier alpha value is -3.50. The largest absolute Gasteiger partial charge is 0.497 e. The molecule has 1 aromatic carbocycles. The zero-order chi connectivity index (χ0) is 25.8. The number of carbonyl (C=O) groups excluding carboxylic acids is 3. The van der Waals surface area contributed by atoms with E-state index in [2.05, 4.69) is 15.6 Å². The Kier molecular flexibility index (Phi) is 10.7. The number of nitrogens with zero attached hydrogens (tertiary/aromatic N) is 2.